The van der Waals surface area contributed by atoms with Gasteiger partial charge in [-0.3, -0.25) is 0 Å². The van der Waals surface area contributed by atoms with E-state index in [9.17, 15) is 0 Å². The van der Waals surface area contributed by atoms with E-state index in [-0.39, 0.29) is 0 Å². The largest absolute Gasteiger partial charge is 0.468 e. The molecule has 2 rings (SSSR count). The summed E-state index contributed by atoms with van der Waals surface area (Å²) in [5, 5.41) is -1.16. The van der Waals surface area contributed by atoms with E-state index < -0.39 is 16.8 Å². The van der Waals surface area contributed by atoms with Crippen molar-refractivity contribution in [3.63, 3.8) is 0 Å². The summed E-state index contributed by atoms with van der Waals surface area (Å²) in [5.74, 6) is 0.840. The Labute approximate surface area is 106 Å². The first-order valence-electron chi connectivity index (χ1n) is 5.16. The fraction of sp³-hybridized carbons (Fsp3) is 0.400. The molecule has 1 heterocycles. The van der Waals surface area contributed by atoms with E-state index in [1.165, 1.54) is 0 Å². The van der Waals surface area contributed by atoms with Crippen LogP contribution in [0.25, 0.3) is 0 Å². The minimum absolute atomic E-state index is 0.397. The van der Waals surface area contributed by atoms with E-state index in [0.717, 1.165) is 0 Å². The Bertz CT molecular complexity index is 448. The zero-order valence-electron chi connectivity index (χ0n) is 9.51. The third-order valence-corrected chi connectivity index (χ3v) is 2.74. The van der Waals surface area contributed by atoms with Gasteiger partial charge in [0.1, 0.15) is 0 Å². The Hall–Kier alpha value is -0.960. The molecule has 1 atom stereocenters. The quantitative estimate of drug-likeness (QED) is 0.664. The van der Waals surface area contributed by atoms with Gasteiger partial charge in [-0.25, -0.2) is 0 Å². The zero-order valence-corrected chi connectivity index (χ0v) is 9.51. The van der Waals surface area contributed by atoms with Crippen LogP contribution >= 0.6 is 0 Å². The third-order valence-electron chi connectivity index (χ3n) is 2.74. The number of benzene rings is 1. The van der Waals surface area contributed by atoms with Crippen LogP contribution in [0.15, 0.2) is 18.2 Å². The SMILES string of the molecule is [B]C1([B])Oc2ccc(C([B])([B])C(C)N)cc2O1. The van der Waals surface area contributed by atoms with Crippen molar-refractivity contribution in [2.24, 2.45) is 5.73 Å². The van der Waals surface area contributed by atoms with E-state index in [1.54, 1.807) is 25.1 Å². The first kappa shape index (κ1) is 12.5. The summed E-state index contributed by atoms with van der Waals surface area (Å²) >= 11 is 0. The molecular weight excluding hydrogens is 209 g/mol. The molecule has 17 heavy (non-hydrogen) atoms. The molecular formula is C10H9B4NO2. The Balaban J connectivity index is 2.37. The van der Waals surface area contributed by atoms with Crippen LogP contribution in [0.1, 0.15) is 12.5 Å². The van der Waals surface area contributed by atoms with Gasteiger partial charge in [0, 0.05) is 0 Å². The van der Waals surface area contributed by atoms with E-state index in [4.69, 9.17) is 46.6 Å². The Morgan fingerprint density at radius 1 is 1.24 bits per heavy atom. The Kier molecular flexibility index (Phi) is 2.77. The minimum Gasteiger partial charge on any atom is -0.468 e. The van der Waals surface area contributed by atoms with Gasteiger partial charge in [-0.2, -0.15) is 0 Å². The molecule has 78 valence electrons. The number of hydrogen-bond acceptors (Lipinski definition) is 3. The van der Waals surface area contributed by atoms with Gasteiger partial charge in [0.15, 0.2) is 32.8 Å². The lowest BCUT2D eigenvalue weighted by Gasteiger charge is -2.30. The summed E-state index contributed by atoms with van der Waals surface area (Å²) in [6.45, 7) is 1.72. The van der Waals surface area contributed by atoms with Gasteiger partial charge >= 0.3 is 0 Å². The predicted octanol–water partition coefficient (Wildman–Crippen LogP) is -0.757. The van der Waals surface area contributed by atoms with Gasteiger partial charge in [0.05, 0.1) is 15.7 Å². The van der Waals surface area contributed by atoms with Crippen LogP contribution in [0.2, 0.25) is 0 Å². The molecule has 0 spiro atoms. The minimum atomic E-state index is -1.65. The van der Waals surface area contributed by atoms with Crippen molar-refractivity contribution in [1.82, 2.24) is 0 Å². The van der Waals surface area contributed by atoms with Gasteiger partial charge in [-0.15, -0.1) is 0 Å². The molecule has 0 bridgehead atoms. The average molecular weight is 218 g/mol. The summed E-state index contributed by atoms with van der Waals surface area (Å²) in [6.07, 6.45) is 0. The van der Waals surface area contributed by atoms with Crippen LogP contribution in [-0.2, 0) is 5.21 Å². The molecule has 0 aliphatic carbocycles. The van der Waals surface area contributed by atoms with Crippen molar-refractivity contribution in [2.75, 3.05) is 0 Å². The van der Waals surface area contributed by atoms with Crippen LogP contribution in [0.3, 0.4) is 0 Å². The lowest BCUT2D eigenvalue weighted by Crippen LogP contribution is -2.44. The molecule has 0 amide bonds. The van der Waals surface area contributed by atoms with Crippen molar-refractivity contribution < 1.29 is 9.47 Å². The van der Waals surface area contributed by atoms with Gasteiger partial charge in [-0.05, 0) is 18.2 Å². The zero-order chi connectivity index (χ0) is 12.8. The standard InChI is InChI=1S/C10H9B4NO2/c1-5(15)9(11,12)6-2-3-7-8(4-6)17-10(13,14)16-7/h2-5H,15H2,1H3. The molecule has 1 aromatic carbocycles. The van der Waals surface area contributed by atoms with Gasteiger partial charge < -0.3 is 15.2 Å². The summed E-state index contributed by atoms with van der Waals surface area (Å²) in [7, 11) is 22.9. The Morgan fingerprint density at radius 2 is 1.82 bits per heavy atom. The highest BCUT2D eigenvalue weighted by Gasteiger charge is 2.32. The molecule has 7 heteroatoms. The molecule has 1 aromatic rings. The van der Waals surface area contributed by atoms with Gasteiger partial charge in [0.25, 0.3) is 0 Å². The average Bonchev–Trinajstić information content (AvgIpc) is 2.49. The normalized spacial score (nSPS) is 18.9. The molecule has 1 aliphatic rings. The van der Waals surface area contributed by atoms with Crippen molar-refractivity contribution >= 4 is 31.4 Å². The van der Waals surface area contributed by atoms with Crippen molar-refractivity contribution in [1.29, 1.82) is 0 Å². The fourth-order valence-corrected chi connectivity index (χ4v) is 1.57. The van der Waals surface area contributed by atoms with Crippen LogP contribution in [0, 0.1) is 0 Å². The summed E-state index contributed by atoms with van der Waals surface area (Å²) in [4.78, 5) is 0. The molecule has 1 aliphatic heterocycles. The maximum absolute atomic E-state index is 5.94. The van der Waals surface area contributed by atoms with Crippen LogP contribution < -0.4 is 15.2 Å². The summed E-state index contributed by atoms with van der Waals surface area (Å²) < 4.78 is 10.3. The summed E-state index contributed by atoms with van der Waals surface area (Å²) in [5.41, 5.74) is 4.70. The fourth-order valence-electron chi connectivity index (χ4n) is 1.57. The maximum Gasteiger partial charge on any atom is 0.175 e. The first-order chi connectivity index (χ1) is 7.72. The second kappa shape index (κ2) is 3.77. The van der Waals surface area contributed by atoms with Crippen LogP contribution in [-0.4, -0.2) is 43.0 Å². The highest BCUT2D eigenvalue weighted by atomic mass is 16.7. The first-order valence-corrected chi connectivity index (χ1v) is 5.16. The van der Waals surface area contributed by atoms with Crippen LogP contribution in [0.5, 0.6) is 11.5 Å². The summed E-state index contributed by atoms with van der Waals surface area (Å²) in [6, 6.07) is 4.54. The van der Waals surface area contributed by atoms with E-state index in [2.05, 4.69) is 0 Å². The number of fused-ring (bicyclic) bond motifs is 1. The number of nitrogens with two attached hydrogens (primary N) is 1. The third kappa shape index (κ3) is 2.21. The van der Waals surface area contributed by atoms with E-state index >= 15 is 0 Å². The monoisotopic (exact) mass is 219 g/mol. The number of rotatable bonds is 2. The van der Waals surface area contributed by atoms with Crippen molar-refractivity contribution in [3.05, 3.63) is 23.8 Å². The van der Waals surface area contributed by atoms with Gasteiger partial charge in [0.2, 0.25) is 0 Å². The molecule has 0 aromatic heterocycles. The highest BCUT2D eigenvalue weighted by molar-refractivity contribution is 6.41. The molecule has 8 radical (unpaired) electrons. The Morgan fingerprint density at radius 3 is 2.41 bits per heavy atom. The maximum atomic E-state index is 5.94. The lowest BCUT2D eigenvalue weighted by atomic mass is 9.48. The van der Waals surface area contributed by atoms with E-state index in [1.807, 2.05) is 0 Å². The van der Waals surface area contributed by atoms with E-state index in [0.29, 0.717) is 17.1 Å². The molecule has 0 saturated carbocycles. The smallest absolute Gasteiger partial charge is 0.175 e. The lowest BCUT2D eigenvalue weighted by molar-refractivity contribution is 0.0833. The number of ether oxygens (including phenoxy) is 2. The molecule has 1 unspecified atom stereocenters. The topological polar surface area (TPSA) is 44.5 Å². The second-order valence-corrected chi connectivity index (χ2v) is 4.31. The molecule has 0 fully saturated rings. The predicted molar refractivity (Wildman–Crippen MR) is 68.8 cm³/mol. The molecule has 3 nitrogen and oxygen atoms in total. The second-order valence-electron chi connectivity index (χ2n) is 4.31. The van der Waals surface area contributed by atoms with Gasteiger partial charge in [-0.1, -0.05) is 23.8 Å². The molecule has 0 saturated heterocycles. The highest BCUT2D eigenvalue weighted by Crippen LogP contribution is 2.39. The van der Waals surface area contributed by atoms with Crippen molar-refractivity contribution in [3.8, 4) is 11.5 Å². The number of hydrogen-bond donors (Lipinski definition) is 1. The van der Waals surface area contributed by atoms with Crippen LogP contribution in [0.4, 0.5) is 0 Å². The van der Waals surface area contributed by atoms with Crippen molar-refractivity contribution in [2.45, 2.75) is 23.8 Å². The molecule has 2 N–H and O–H groups in total.